The predicted octanol–water partition coefficient (Wildman–Crippen LogP) is -3.49. The Bertz CT molecular complexity index is 676. The van der Waals surface area contributed by atoms with Gasteiger partial charge in [0.2, 0.25) is 0 Å². The maximum atomic E-state index is 2.51. The molecule has 0 amide bonds. The monoisotopic (exact) mass is 447 g/mol. The first-order valence-corrected chi connectivity index (χ1v) is 11.9. The van der Waals surface area contributed by atoms with Gasteiger partial charge in [-0.1, -0.05) is 0 Å². The Morgan fingerprint density at radius 3 is 2.16 bits per heavy atom. The van der Waals surface area contributed by atoms with Crippen LogP contribution in [0.1, 0.15) is 27.8 Å². The number of rotatable bonds is 5. The Hall–Kier alpha value is 0.194. The number of halogens is 3. The van der Waals surface area contributed by atoms with E-state index in [-0.39, 0.29) is 64.3 Å². The van der Waals surface area contributed by atoms with Crippen LogP contribution in [0.25, 0.3) is 6.08 Å². The second-order valence-corrected chi connectivity index (χ2v) is 12.2. The maximum Gasteiger partial charge on any atom is -1.00 e. The molecule has 0 aromatic heterocycles. The zero-order valence-corrected chi connectivity index (χ0v) is 19.4. The minimum absolute atomic E-state index is 0. The van der Waals surface area contributed by atoms with Crippen molar-refractivity contribution in [2.24, 2.45) is 0 Å². The summed E-state index contributed by atoms with van der Waals surface area (Å²) in [7, 11) is 0.108. The van der Waals surface area contributed by atoms with Gasteiger partial charge in [-0.3, -0.25) is 0 Å². The van der Waals surface area contributed by atoms with Gasteiger partial charge in [0.15, 0.2) is 0 Å². The van der Waals surface area contributed by atoms with Crippen molar-refractivity contribution in [2.75, 3.05) is 19.5 Å². The molecule has 0 heterocycles. The van der Waals surface area contributed by atoms with Gasteiger partial charge in [0, 0.05) is 0 Å². The summed E-state index contributed by atoms with van der Waals surface area (Å²) in [5.41, 5.74) is 4.53. The van der Waals surface area contributed by atoms with E-state index in [9.17, 15) is 0 Å². The molecule has 0 aliphatic heterocycles. The zero-order valence-electron chi connectivity index (χ0n) is 14.7. The van der Waals surface area contributed by atoms with Crippen molar-refractivity contribution in [2.45, 2.75) is 14.9 Å². The summed E-state index contributed by atoms with van der Waals surface area (Å²) in [4.78, 5) is 0. The molecule has 25 heavy (non-hydrogen) atoms. The van der Waals surface area contributed by atoms with Crippen molar-refractivity contribution in [1.82, 2.24) is 0 Å². The van der Waals surface area contributed by atoms with Crippen molar-refractivity contribution in [3.63, 3.8) is 0 Å². The van der Waals surface area contributed by atoms with Crippen LogP contribution in [0.3, 0.4) is 0 Å². The largest absolute Gasteiger partial charge is 1.00 e. The third-order valence-corrected chi connectivity index (χ3v) is 9.04. The molecule has 0 fully saturated rings. The molecule has 1 aliphatic rings. The Balaban J connectivity index is 0.00000192. The van der Waals surface area contributed by atoms with E-state index in [1.165, 1.54) is 11.7 Å². The molecule has 2 unspecified atom stereocenters. The van der Waals surface area contributed by atoms with Crippen molar-refractivity contribution in [1.29, 1.82) is 0 Å². The average molecular weight is 449 g/mol. The molecule has 0 spiro atoms. The fourth-order valence-corrected chi connectivity index (χ4v) is 9.37. The third-order valence-electron chi connectivity index (χ3n) is 4.32. The molecule has 1 aliphatic carbocycles. The van der Waals surface area contributed by atoms with Gasteiger partial charge in [0.25, 0.3) is 0 Å². The molecule has 133 valence electrons. The van der Waals surface area contributed by atoms with Crippen LogP contribution in [0.15, 0.2) is 60.7 Å². The van der Waals surface area contributed by atoms with E-state index in [1.807, 2.05) is 0 Å². The van der Waals surface area contributed by atoms with Gasteiger partial charge in [0.1, 0.15) is 0 Å². The summed E-state index contributed by atoms with van der Waals surface area (Å²) in [5, 5.41) is 0. The van der Waals surface area contributed by atoms with Crippen LogP contribution in [-0.2, 0) is 22.9 Å². The topological polar surface area (TPSA) is 0 Å². The van der Waals surface area contributed by atoms with E-state index < -0.39 is 0 Å². The zero-order chi connectivity index (χ0) is 15.6. The summed E-state index contributed by atoms with van der Waals surface area (Å²) < 4.78 is 1.06. The standard InChI is InChI=1S/C11H16P.C9H7.3ClH.Ti/c1-10(9-12(2)3)11-7-5-4-6-8-11;1-2-5-9-7-3-6-8(9)4-1;;;;/h4-8H,9H2,1-3H3;1-7H;3*1H;/q;;;;;+3/p-3. The Labute approximate surface area is 181 Å². The fraction of sp³-hybridized carbons (Fsp3) is 0.300. The van der Waals surface area contributed by atoms with E-state index >= 15 is 0 Å². The van der Waals surface area contributed by atoms with Crippen molar-refractivity contribution < 1.29 is 56.4 Å². The average Bonchev–Trinajstić information content (AvgIpc) is 2.90. The van der Waals surface area contributed by atoms with Gasteiger partial charge in [0.05, 0.1) is 0 Å². The molecule has 2 atom stereocenters. The molecule has 3 rings (SSSR count). The second-order valence-electron chi connectivity index (χ2n) is 6.55. The molecule has 2 aromatic carbocycles. The number of benzene rings is 2. The maximum absolute atomic E-state index is 2.51. The van der Waals surface area contributed by atoms with Gasteiger partial charge in [-0.25, -0.2) is 0 Å². The Morgan fingerprint density at radius 2 is 1.52 bits per heavy atom. The number of hydrogen-bond acceptors (Lipinski definition) is 0. The van der Waals surface area contributed by atoms with Crippen molar-refractivity contribution in [3.05, 3.63) is 77.4 Å². The van der Waals surface area contributed by atoms with Crippen molar-refractivity contribution in [3.8, 4) is 0 Å². The summed E-state index contributed by atoms with van der Waals surface area (Å²) >= 11 is -0.164. The van der Waals surface area contributed by atoms with E-state index in [0.29, 0.717) is 7.94 Å². The first kappa shape index (κ1) is 25.2. The van der Waals surface area contributed by atoms with Crippen LogP contribution in [0.4, 0.5) is 0 Å². The molecular formula is C20H23Cl3PTi. The van der Waals surface area contributed by atoms with Crippen LogP contribution in [-0.4, -0.2) is 19.5 Å². The first-order valence-electron chi connectivity index (χ1n) is 7.83. The number of hydrogen-bond donors (Lipinski definition) is 0. The summed E-state index contributed by atoms with van der Waals surface area (Å²) in [6.07, 6.45) is 6.13. The van der Waals surface area contributed by atoms with Crippen LogP contribution >= 0.6 is 7.92 Å². The van der Waals surface area contributed by atoms with Gasteiger partial charge in [-0.2, -0.15) is 0 Å². The quantitative estimate of drug-likeness (QED) is 0.329. The normalized spacial score (nSPS) is 16.6. The van der Waals surface area contributed by atoms with E-state index in [0.717, 1.165) is 0 Å². The SMILES string of the molecule is CP(C)C[C](C)([Ti+3][CH]1C=Cc2ccccc21)c1ccccc1.[Cl-].[Cl-].[Cl-]. The van der Waals surface area contributed by atoms with Crippen LogP contribution in [0.5, 0.6) is 0 Å². The molecule has 0 radical (unpaired) electrons. The van der Waals surface area contributed by atoms with Crippen LogP contribution < -0.4 is 37.2 Å². The summed E-state index contributed by atoms with van der Waals surface area (Å²) in [5.74, 6) is 0. The number of fused-ring (bicyclic) bond motifs is 1. The molecule has 0 bridgehead atoms. The predicted molar refractivity (Wildman–Crippen MR) is 95.6 cm³/mol. The third kappa shape index (κ3) is 6.10. The first-order chi connectivity index (χ1) is 10.6. The van der Waals surface area contributed by atoms with Gasteiger partial charge in [-0.15, -0.1) is 0 Å². The van der Waals surface area contributed by atoms with Gasteiger partial charge >= 0.3 is 145 Å². The minimum Gasteiger partial charge on any atom is -1.00 e. The molecule has 5 heteroatoms. The van der Waals surface area contributed by atoms with Crippen molar-refractivity contribution >= 4 is 14.0 Å². The van der Waals surface area contributed by atoms with Gasteiger partial charge in [-0.05, 0) is 0 Å². The molecule has 0 N–H and O–H groups in total. The fourth-order valence-electron chi connectivity index (χ4n) is 3.38. The van der Waals surface area contributed by atoms with E-state index in [1.54, 1.807) is 11.1 Å². The van der Waals surface area contributed by atoms with Gasteiger partial charge < -0.3 is 37.2 Å². The van der Waals surface area contributed by atoms with E-state index in [2.05, 4.69) is 87.0 Å². The van der Waals surface area contributed by atoms with E-state index in [4.69, 9.17) is 0 Å². The Kier molecular flexibility index (Phi) is 11.2. The van der Waals surface area contributed by atoms with Crippen LogP contribution in [0, 0.1) is 0 Å². The molecule has 0 saturated heterocycles. The smallest absolute Gasteiger partial charge is 1.00 e. The molecular weight excluding hydrogens is 425 g/mol. The summed E-state index contributed by atoms with van der Waals surface area (Å²) in [6.45, 7) is 7.35. The molecule has 0 nitrogen and oxygen atoms in total. The number of allylic oxidation sites excluding steroid dienone is 1. The second kappa shape index (κ2) is 11.1. The summed E-state index contributed by atoms with van der Waals surface area (Å²) in [6, 6.07) is 20.1. The molecule has 2 aromatic rings. The van der Waals surface area contributed by atoms with Crippen LogP contribution in [0.2, 0.25) is 0 Å². The Morgan fingerprint density at radius 1 is 0.920 bits per heavy atom. The molecule has 0 saturated carbocycles. The minimum atomic E-state index is -0.164.